The number of anilines is 2. The first-order valence-corrected chi connectivity index (χ1v) is 13.1. The van der Waals surface area contributed by atoms with E-state index < -0.39 is 0 Å². The van der Waals surface area contributed by atoms with E-state index in [9.17, 15) is 5.11 Å². The van der Waals surface area contributed by atoms with Crippen molar-refractivity contribution in [3.05, 3.63) is 51.7 Å². The summed E-state index contributed by atoms with van der Waals surface area (Å²) in [6.07, 6.45) is 1.63. The molecule has 0 spiro atoms. The van der Waals surface area contributed by atoms with E-state index in [0.29, 0.717) is 24.8 Å². The Morgan fingerprint density at radius 2 is 2.06 bits per heavy atom. The molecule has 0 amide bonds. The maximum absolute atomic E-state index is 9.82. The lowest BCUT2D eigenvalue weighted by atomic mass is 10.1. The molecular weight excluding hydrogens is 470 g/mol. The number of halogens is 1. The average Bonchev–Trinajstić information content (AvgIpc) is 3.46. The molecule has 180 valence electrons. The van der Waals surface area contributed by atoms with Crippen LogP contribution in [0.2, 0.25) is 5.02 Å². The average molecular weight is 500 g/mol. The van der Waals surface area contributed by atoms with Crippen molar-refractivity contribution in [3.63, 3.8) is 0 Å². The molecule has 3 aromatic rings. The number of aliphatic hydroxyl groups excluding tert-OH is 1. The van der Waals surface area contributed by atoms with Crippen LogP contribution in [0.4, 0.5) is 11.8 Å². The second-order valence-corrected chi connectivity index (χ2v) is 10.8. The number of thioether (sulfide) groups is 1. The minimum atomic E-state index is -0.0460. The van der Waals surface area contributed by atoms with Gasteiger partial charge in [-0.3, -0.25) is 0 Å². The minimum absolute atomic E-state index is 0.0460. The summed E-state index contributed by atoms with van der Waals surface area (Å²) in [6.45, 7) is 8.45. The maximum atomic E-state index is 9.82. The van der Waals surface area contributed by atoms with Gasteiger partial charge in [-0.25, -0.2) is 4.98 Å². The Morgan fingerprint density at radius 3 is 2.82 bits per heavy atom. The van der Waals surface area contributed by atoms with Gasteiger partial charge in [0.15, 0.2) is 5.82 Å². The van der Waals surface area contributed by atoms with Crippen LogP contribution in [0.25, 0.3) is 0 Å². The zero-order valence-corrected chi connectivity index (χ0v) is 21.3. The zero-order valence-electron chi connectivity index (χ0n) is 19.8. The first kappa shape index (κ1) is 23.4. The number of fused-ring (bicyclic) bond motifs is 2. The molecule has 0 radical (unpaired) electrons. The summed E-state index contributed by atoms with van der Waals surface area (Å²) in [6, 6.07) is 6.10. The van der Waals surface area contributed by atoms with Crippen molar-refractivity contribution in [1.82, 2.24) is 24.7 Å². The van der Waals surface area contributed by atoms with Gasteiger partial charge in [0.1, 0.15) is 11.6 Å². The van der Waals surface area contributed by atoms with E-state index in [1.165, 1.54) is 0 Å². The molecule has 1 aromatic carbocycles. The number of hydrogen-bond donors (Lipinski definition) is 2. The molecule has 0 aliphatic carbocycles. The van der Waals surface area contributed by atoms with Crippen LogP contribution in [0.1, 0.15) is 42.3 Å². The standard InChI is InChI=1S/C24H30ClN7OS/c1-14(2)19(13-33)26-23-22-18(6-9-34-22)27-24(28-23)31-7-8-32-20(29-30-21(32)12-31)11-16-5-4-15(3)17(25)10-16/h4-5,10,14,19,33H,6-9,11-13H2,1-3H3,(H,26,27,28). The highest BCUT2D eigenvalue weighted by Crippen LogP contribution is 2.37. The fourth-order valence-electron chi connectivity index (χ4n) is 4.34. The molecule has 34 heavy (non-hydrogen) atoms. The van der Waals surface area contributed by atoms with Gasteiger partial charge in [-0.2, -0.15) is 4.98 Å². The number of benzene rings is 1. The Labute approximate surface area is 209 Å². The van der Waals surface area contributed by atoms with Gasteiger partial charge >= 0.3 is 0 Å². The van der Waals surface area contributed by atoms with Crippen LogP contribution < -0.4 is 10.2 Å². The Bertz CT molecular complexity index is 1200. The van der Waals surface area contributed by atoms with Gasteiger partial charge in [0.25, 0.3) is 0 Å². The number of aryl methyl sites for hydroxylation is 2. The molecule has 8 nitrogen and oxygen atoms in total. The topological polar surface area (TPSA) is 92.0 Å². The Morgan fingerprint density at radius 1 is 1.21 bits per heavy atom. The second kappa shape index (κ2) is 9.71. The van der Waals surface area contributed by atoms with Crippen LogP contribution in [0.15, 0.2) is 23.1 Å². The Balaban J connectivity index is 1.37. The van der Waals surface area contributed by atoms with Crippen molar-refractivity contribution in [2.75, 3.05) is 29.1 Å². The summed E-state index contributed by atoms with van der Waals surface area (Å²) in [5, 5.41) is 23.0. The number of nitrogens with zero attached hydrogens (tertiary/aromatic N) is 6. The largest absolute Gasteiger partial charge is 0.394 e. The van der Waals surface area contributed by atoms with Gasteiger partial charge in [0, 0.05) is 36.7 Å². The van der Waals surface area contributed by atoms with Crippen LogP contribution in [0.5, 0.6) is 0 Å². The van der Waals surface area contributed by atoms with Crippen molar-refractivity contribution in [2.45, 2.75) is 57.6 Å². The molecule has 2 aliphatic heterocycles. The molecule has 2 aromatic heterocycles. The fraction of sp³-hybridized carbons (Fsp3) is 0.500. The summed E-state index contributed by atoms with van der Waals surface area (Å²) in [5.74, 6) is 4.72. The monoisotopic (exact) mass is 499 g/mol. The molecule has 0 saturated carbocycles. The highest BCUT2D eigenvalue weighted by Gasteiger charge is 2.27. The lowest BCUT2D eigenvalue weighted by Crippen LogP contribution is -2.36. The summed E-state index contributed by atoms with van der Waals surface area (Å²) < 4.78 is 2.20. The summed E-state index contributed by atoms with van der Waals surface area (Å²) in [5.41, 5.74) is 3.29. The summed E-state index contributed by atoms with van der Waals surface area (Å²) in [7, 11) is 0. The zero-order chi connectivity index (χ0) is 23.8. The van der Waals surface area contributed by atoms with Gasteiger partial charge < -0.3 is 19.9 Å². The number of aliphatic hydroxyl groups is 1. The van der Waals surface area contributed by atoms with E-state index in [0.717, 1.165) is 69.5 Å². The van der Waals surface area contributed by atoms with Crippen LogP contribution >= 0.6 is 23.4 Å². The third kappa shape index (κ3) is 4.61. The predicted molar refractivity (Wildman–Crippen MR) is 136 cm³/mol. The third-order valence-electron chi connectivity index (χ3n) is 6.54. The number of nitrogens with one attached hydrogen (secondary N) is 1. The van der Waals surface area contributed by atoms with Crippen LogP contribution in [-0.2, 0) is 25.9 Å². The van der Waals surface area contributed by atoms with E-state index >= 15 is 0 Å². The van der Waals surface area contributed by atoms with Gasteiger partial charge in [-0.05, 0) is 30.0 Å². The molecule has 2 aliphatic rings. The molecule has 2 N–H and O–H groups in total. The molecule has 0 bridgehead atoms. The minimum Gasteiger partial charge on any atom is -0.394 e. The van der Waals surface area contributed by atoms with Crippen molar-refractivity contribution >= 4 is 35.1 Å². The molecule has 0 saturated heterocycles. The molecule has 0 fully saturated rings. The van der Waals surface area contributed by atoms with Crippen molar-refractivity contribution in [2.24, 2.45) is 5.92 Å². The van der Waals surface area contributed by atoms with Gasteiger partial charge in [-0.15, -0.1) is 22.0 Å². The Kier molecular flexibility index (Phi) is 6.68. The number of rotatable bonds is 7. The van der Waals surface area contributed by atoms with E-state index in [1.54, 1.807) is 11.8 Å². The highest BCUT2D eigenvalue weighted by atomic mass is 35.5. The van der Waals surface area contributed by atoms with Crippen LogP contribution in [0.3, 0.4) is 0 Å². The predicted octanol–water partition coefficient (Wildman–Crippen LogP) is 3.72. The van der Waals surface area contributed by atoms with E-state index in [1.807, 2.05) is 19.1 Å². The number of aromatic nitrogens is 5. The summed E-state index contributed by atoms with van der Waals surface area (Å²) in [4.78, 5) is 13.1. The quantitative estimate of drug-likeness (QED) is 0.508. The normalized spacial score (nSPS) is 16.0. The lowest BCUT2D eigenvalue weighted by Gasteiger charge is -2.29. The number of hydrogen-bond acceptors (Lipinski definition) is 8. The molecule has 5 rings (SSSR count). The van der Waals surface area contributed by atoms with E-state index in [2.05, 4.69) is 44.9 Å². The first-order valence-electron chi connectivity index (χ1n) is 11.7. The molecule has 1 unspecified atom stereocenters. The SMILES string of the molecule is Cc1ccc(Cc2nnc3n2CCN(c2nc4c(c(NC(CO)C(C)C)n2)SCC4)C3)cc1Cl. The highest BCUT2D eigenvalue weighted by molar-refractivity contribution is 7.99. The van der Waals surface area contributed by atoms with Crippen molar-refractivity contribution < 1.29 is 5.11 Å². The van der Waals surface area contributed by atoms with Gasteiger partial charge in [0.2, 0.25) is 5.95 Å². The summed E-state index contributed by atoms with van der Waals surface area (Å²) >= 11 is 8.10. The van der Waals surface area contributed by atoms with Gasteiger partial charge in [-0.1, -0.05) is 37.6 Å². The molecule has 4 heterocycles. The smallest absolute Gasteiger partial charge is 0.228 e. The van der Waals surface area contributed by atoms with E-state index in [4.69, 9.17) is 21.6 Å². The second-order valence-electron chi connectivity index (χ2n) is 9.29. The van der Waals surface area contributed by atoms with Crippen molar-refractivity contribution in [3.8, 4) is 0 Å². The maximum Gasteiger partial charge on any atom is 0.228 e. The van der Waals surface area contributed by atoms with E-state index in [-0.39, 0.29) is 12.6 Å². The third-order valence-corrected chi connectivity index (χ3v) is 8.08. The van der Waals surface area contributed by atoms with Crippen LogP contribution in [-0.4, -0.2) is 54.8 Å². The fourth-order valence-corrected chi connectivity index (χ4v) is 5.60. The Hall–Kier alpha value is -2.36. The first-order chi connectivity index (χ1) is 16.4. The molecule has 1 atom stereocenters. The van der Waals surface area contributed by atoms with Crippen molar-refractivity contribution in [1.29, 1.82) is 0 Å². The van der Waals surface area contributed by atoms with Crippen LogP contribution in [0, 0.1) is 12.8 Å². The molecule has 10 heteroatoms. The lowest BCUT2D eigenvalue weighted by molar-refractivity contribution is 0.249. The molecular formula is C24H30ClN7OS. The van der Waals surface area contributed by atoms with Gasteiger partial charge in [0.05, 0.1) is 29.8 Å².